The standard InChI is InChI=1S/C22H25FN2O2/c1-2-25(20-12-10-19(23)11-13-20)22(27)18-9-6-14-24(16-18)21(26)15-17-7-4-3-5-8-17/h3-5,7-8,10-13,18H,2,6,9,14-16H2,1H3. The van der Waals surface area contributed by atoms with Crippen LogP contribution in [-0.4, -0.2) is 36.3 Å². The molecule has 0 N–H and O–H groups in total. The molecule has 0 aromatic heterocycles. The van der Waals surface area contributed by atoms with Gasteiger partial charge in [0.15, 0.2) is 0 Å². The number of hydrogen-bond donors (Lipinski definition) is 0. The Morgan fingerprint density at radius 1 is 1.11 bits per heavy atom. The lowest BCUT2D eigenvalue weighted by molar-refractivity contribution is -0.134. The summed E-state index contributed by atoms with van der Waals surface area (Å²) in [6.45, 7) is 3.56. The normalized spacial score (nSPS) is 16.8. The molecular formula is C22H25FN2O2. The van der Waals surface area contributed by atoms with Gasteiger partial charge >= 0.3 is 0 Å². The van der Waals surface area contributed by atoms with Crippen LogP contribution in [0.25, 0.3) is 0 Å². The van der Waals surface area contributed by atoms with E-state index in [4.69, 9.17) is 0 Å². The van der Waals surface area contributed by atoms with Gasteiger partial charge in [-0.1, -0.05) is 30.3 Å². The Balaban J connectivity index is 1.66. The molecule has 3 rings (SSSR count). The van der Waals surface area contributed by atoms with Gasteiger partial charge in [0.25, 0.3) is 0 Å². The first-order chi connectivity index (χ1) is 13.1. The van der Waals surface area contributed by atoms with Crippen LogP contribution < -0.4 is 4.90 Å². The van der Waals surface area contributed by atoms with Gasteiger partial charge in [-0.2, -0.15) is 0 Å². The first-order valence-electron chi connectivity index (χ1n) is 9.47. The van der Waals surface area contributed by atoms with Crippen molar-refractivity contribution >= 4 is 17.5 Å². The van der Waals surface area contributed by atoms with Crippen LogP contribution in [0.3, 0.4) is 0 Å². The summed E-state index contributed by atoms with van der Waals surface area (Å²) in [6.07, 6.45) is 1.95. The number of carbonyl (C=O) groups is 2. The molecule has 5 heteroatoms. The Morgan fingerprint density at radius 2 is 1.81 bits per heavy atom. The fraction of sp³-hybridized carbons (Fsp3) is 0.364. The second kappa shape index (κ2) is 8.80. The van der Waals surface area contributed by atoms with Crippen molar-refractivity contribution in [2.45, 2.75) is 26.2 Å². The van der Waals surface area contributed by atoms with E-state index in [0.29, 0.717) is 31.7 Å². The molecule has 0 aliphatic carbocycles. The van der Waals surface area contributed by atoms with Crippen LogP contribution in [0.5, 0.6) is 0 Å². The first kappa shape index (κ1) is 19.1. The average molecular weight is 368 g/mol. The molecule has 142 valence electrons. The number of halogens is 1. The number of rotatable bonds is 5. The van der Waals surface area contributed by atoms with Gasteiger partial charge in [-0.3, -0.25) is 9.59 Å². The maximum atomic E-state index is 13.2. The molecule has 2 aromatic rings. The zero-order valence-corrected chi connectivity index (χ0v) is 15.6. The summed E-state index contributed by atoms with van der Waals surface area (Å²) in [5.41, 5.74) is 1.68. The smallest absolute Gasteiger partial charge is 0.231 e. The molecule has 27 heavy (non-hydrogen) atoms. The summed E-state index contributed by atoms with van der Waals surface area (Å²) in [7, 11) is 0. The first-order valence-corrected chi connectivity index (χ1v) is 9.47. The second-order valence-corrected chi connectivity index (χ2v) is 6.90. The van der Waals surface area contributed by atoms with Crippen LogP contribution in [0.2, 0.25) is 0 Å². The fourth-order valence-corrected chi connectivity index (χ4v) is 3.59. The monoisotopic (exact) mass is 368 g/mol. The molecule has 1 unspecified atom stereocenters. The Hall–Kier alpha value is -2.69. The molecule has 1 fully saturated rings. The van der Waals surface area contributed by atoms with E-state index < -0.39 is 0 Å². The number of carbonyl (C=O) groups excluding carboxylic acids is 2. The third kappa shape index (κ3) is 4.73. The zero-order chi connectivity index (χ0) is 19.2. The maximum absolute atomic E-state index is 13.2. The minimum Gasteiger partial charge on any atom is -0.342 e. The molecule has 0 saturated carbocycles. The average Bonchev–Trinajstić information content (AvgIpc) is 2.70. The van der Waals surface area contributed by atoms with E-state index in [0.717, 1.165) is 18.4 Å². The van der Waals surface area contributed by atoms with Gasteiger partial charge in [0.05, 0.1) is 12.3 Å². The summed E-state index contributed by atoms with van der Waals surface area (Å²) in [5, 5.41) is 0. The van der Waals surface area contributed by atoms with Crippen LogP contribution >= 0.6 is 0 Å². The summed E-state index contributed by atoms with van der Waals surface area (Å²) in [6, 6.07) is 15.6. The van der Waals surface area contributed by atoms with Crippen molar-refractivity contribution in [3.8, 4) is 0 Å². The molecule has 0 radical (unpaired) electrons. The van der Waals surface area contributed by atoms with Gasteiger partial charge in [-0.05, 0) is 49.6 Å². The quantitative estimate of drug-likeness (QED) is 0.808. The van der Waals surface area contributed by atoms with Crippen LogP contribution in [0.15, 0.2) is 54.6 Å². The summed E-state index contributed by atoms with van der Waals surface area (Å²) >= 11 is 0. The van der Waals surface area contributed by atoms with E-state index in [1.165, 1.54) is 12.1 Å². The molecule has 1 aliphatic heterocycles. The van der Waals surface area contributed by atoms with E-state index in [9.17, 15) is 14.0 Å². The number of nitrogens with zero attached hydrogens (tertiary/aromatic N) is 2. The minimum atomic E-state index is -0.322. The molecule has 2 aromatic carbocycles. The number of amides is 2. The van der Waals surface area contributed by atoms with E-state index in [2.05, 4.69) is 0 Å². The van der Waals surface area contributed by atoms with Crippen molar-refractivity contribution < 1.29 is 14.0 Å². The highest BCUT2D eigenvalue weighted by Crippen LogP contribution is 2.23. The number of benzene rings is 2. The highest BCUT2D eigenvalue weighted by atomic mass is 19.1. The fourth-order valence-electron chi connectivity index (χ4n) is 3.59. The largest absolute Gasteiger partial charge is 0.342 e. The van der Waals surface area contributed by atoms with Crippen molar-refractivity contribution in [2.24, 2.45) is 5.92 Å². The molecular weight excluding hydrogens is 343 g/mol. The molecule has 2 amide bonds. The highest BCUT2D eigenvalue weighted by molar-refractivity contribution is 5.95. The molecule has 1 heterocycles. The summed E-state index contributed by atoms with van der Waals surface area (Å²) < 4.78 is 13.2. The van der Waals surface area contributed by atoms with Crippen molar-refractivity contribution in [3.05, 3.63) is 66.0 Å². The molecule has 1 aliphatic rings. The van der Waals surface area contributed by atoms with Gasteiger partial charge in [-0.25, -0.2) is 4.39 Å². The minimum absolute atomic E-state index is 0.00122. The number of likely N-dealkylation sites (tertiary alicyclic amines) is 1. The van der Waals surface area contributed by atoms with Gasteiger partial charge < -0.3 is 9.80 Å². The van der Waals surface area contributed by atoms with Gasteiger partial charge in [-0.15, -0.1) is 0 Å². The predicted molar refractivity (Wildman–Crippen MR) is 104 cm³/mol. The predicted octanol–water partition coefficient (Wildman–Crippen LogP) is 3.66. The Bertz CT molecular complexity index is 777. The van der Waals surface area contributed by atoms with E-state index in [-0.39, 0.29) is 23.5 Å². The van der Waals surface area contributed by atoms with Crippen LogP contribution in [-0.2, 0) is 16.0 Å². The Labute approximate surface area is 159 Å². The van der Waals surface area contributed by atoms with Crippen molar-refractivity contribution in [3.63, 3.8) is 0 Å². The van der Waals surface area contributed by atoms with Gasteiger partial charge in [0, 0.05) is 25.3 Å². The zero-order valence-electron chi connectivity index (χ0n) is 15.6. The third-order valence-electron chi connectivity index (χ3n) is 5.04. The molecule has 4 nitrogen and oxygen atoms in total. The van der Waals surface area contributed by atoms with Gasteiger partial charge in [0.2, 0.25) is 11.8 Å². The van der Waals surface area contributed by atoms with Gasteiger partial charge in [0.1, 0.15) is 5.82 Å². The lowest BCUT2D eigenvalue weighted by atomic mass is 9.95. The number of piperidine rings is 1. The van der Waals surface area contributed by atoms with Crippen molar-refractivity contribution in [1.82, 2.24) is 4.90 Å². The third-order valence-corrected chi connectivity index (χ3v) is 5.04. The maximum Gasteiger partial charge on any atom is 0.231 e. The topological polar surface area (TPSA) is 40.6 Å². The van der Waals surface area contributed by atoms with Crippen molar-refractivity contribution in [2.75, 3.05) is 24.5 Å². The molecule has 1 atom stereocenters. The van der Waals surface area contributed by atoms with Crippen LogP contribution in [0.4, 0.5) is 10.1 Å². The highest BCUT2D eigenvalue weighted by Gasteiger charge is 2.31. The van der Waals surface area contributed by atoms with Crippen molar-refractivity contribution in [1.29, 1.82) is 0 Å². The Morgan fingerprint density at radius 3 is 2.48 bits per heavy atom. The lowest BCUT2D eigenvalue weighted by Gasteiger charge is -2.35. The van der Waals surface area contributed by atoms with E-state index in [1.807, 2.05) is 37.3 Å². The van der Waals surface area contributed by atoms with E-state index >= 15 is 0 Å². The second-order valence-electron chi connectivity index (χ2n) is 6.90. The molecule has 0 spiro atoms. The molecule has 0 bridgehead atoms. The molecule has 1 saturated heterocycles. The van der Waals surface area contributed by atoms with E-state index in [1.54, 1.807) is 21.9 Å². The van der Waals surface area contributed by atoms with Crippen LogP contribution in [0.1, 0.15) is 25.3 Å². The van der Waals surface area contributed by atoms with Crippen LogP contribution in [0, 0.1) is 11.7 Å². The summed E-state index contributed by atoms with van der Waals surface area (Å²) in [4.78, 5) is 29.2. The SMILES string of the molecule is CCN(C(=O)C1CCCN(C(=O)Cc2ccccc2)C1)c1ccc(F)cc1. The number of hydrogen-bond acceptors (Lipinski definition) is 2. The number of anilines is 1. The Kier molecular flexibility index (Phi) is 6.22. The summed E-state index contributed by atoms with van der Waals surface area (Å²) in [5.74, 6) is -0.481. The lowest BCUT2D eigenvalue weighted by Crippen LogP contribution is -2.47.